The highest BCUT2D eigenvalue weighted by Crippen LogP contribution is 2.26. The number of para-hydroxylation sites is 1. The van der Waals surface area contributed by atoms with Crippen LogP contribution in [-0.4, -0.2) is 11.5 Å². The molecule has 0 aliphatic heterocycles. The Hall–Kier alpha value is -1.57. The predicted octanol–water partition coefficient (Wildman–Crippen LogP) is 5.25. The maximum atomic E-state index is 4.41. The molecule has 0 atom stereocenters. The largest absolute Gasteiger partial charge is 0.384 e. The van der Waals surface area contributed by atoms with Gasteiger partial charge in [-0.1, -0.05) is 58.2 Å². The molecule has 1 aromatic heterocycles. The van der Waals surface area contributed by atoms with E-state index >= 15 is 0 Å². The molecule has 2 rings (SSSR count). The summed E-state index contributed by atoms with van der Waals surface area (Å²) in [6.45, 7) is 7.96. The molecule has 2 aromatic rings. The smallest absolute Gasteiger partial charge is 0.0722 e. The van der Waals surface area contributed by atoms with Crippen LogP contribution in [0, 0.1) is 5.41 Å². The van der Waals surface area contributed by atoms with E-state index in [-0.39, 0.29) is 0 Å². The van der Waals surface area contributed by atoms with Crippen molar-refractivity contribution < 1.29 is 0 Å². The zero-order chi connectivity index (χ0) is 14.4. The van der Waals surface area contributed by atoms with Crippen molar-refractivity contribution in [3.8, 4) is 0 Å². The Kier molecular flexibility index (Phi) is 4.99. The first-order valence-electron chi connectivity index (χ1n) is 7.70. The highest BCUT2D eigenvalue weighted by molar-refractivity contribution is 5.90. The van der Waals surface area contributed by atoms with Crippen LogP contribution in [0.3, 0.4) is 0 Å². The van der Waals surface area contributed by atoms with E-state index in [9.17, 15) is 0 Å². The van der Waals surface area contributed by atoms with Crippen LogP contribution in [0.1, 0.15) is 46.5 Å². The zero-order valence-corrected chi connectivity index (χ0v) is 12.9. The van der Waals surface area contributed by atoms with Crippen molar-refractivity contribution in [2.45, 2.75) is 46.5 Å². The van der Waals surface area contributed by atoms with E-state index in [1.54, 1.807) is 0 Å². The number of anilines is 1. The summed E-state index contributed by atoms with van der Waals surface area (Å²) in [5, 5.41) is 4.82. The van der Waals surface area contributed by atoms with Crippen LogP contribution < -0.4 is 5.32 Å². The zero-order valence-electron chi connectivity index (χ0n) is 12.9. The van der Waals surface area contributed by atoms with Gasteiger partial charge in [-0.15, -0.1) is 0 Å². The fourth-order valence-electron chi connectivity index (χ4n) is 2.53. The topological polar surface area (TPSA) is 24.9 Å². The minimum atomic E-state index is 0.333. The van der Waals surface area contributed by atoms with Gasteiger partial charge in [0.2, 0.25) is 0 Å². The van der Waals surface area contributed by atoms with Crippen molar-refractivity contribution in [3.63, 3.8) is 0 Å². The lowest BCUT2D eigenvalue weighted by molar-refractivity contribution is 0.342. The van der Waals surface area contributed by atoms with Crippen LogP contribution >= 0.6 is 0 Å². The molecule has 0 spiro atoms. The minimum absolute atomic E-state index is 0.333. The van der Waals surface area contributed by atoms with Gasteiger partial charge >= 0.3 is 0 Å². The second-order valence-corrected chi connectivity index (χ2v) is 6.35. The van der Waals surface area contributed by atoms with Crippen molar-refractivity contribution >= 4 is 16.6 Å². The molecule has 2 nitrogen and oxygen atoms in total. The Morgan fingerprint density at radius 1 is 1.10 bits per heavy atom. The van der Waals surface area contributed by atoms with Crippen LogP contribution in [0.25, 0.3) is 10.9 Å². The predicted molar refractivity (Wildman–Crippen MR) is 88.2 cm³/mol. The van der Waals surface area contributed by atoms with Crippen LogP contribution in [0.5, 0.6) is 0 Å². The van der Waals surface area contributed by atoms with Gasteiger partial charge in [0, 0.05) is 23.8 Å². The van der Waals surface area contributed by atoms with Crippen molar-refractivity contribution in [2.24, 2.45) is 5.41 Å². The summed E-state index contributed by atoms with van der Waals surface area (Å²) in [4.78, 5) is 4.41. The number of hydrogen-bond acceptors (Lipinski definition) is 2. The van der Waals surface area contributed by atoms with Crippen LogP contribution in [0.4, 0.5) is 5.69 Å². The Bertz CT molecular complexity index is 541. The van der Waals surface area contributed by atoms with Gasteiger partial charge in [0.05, 0.1) is 5.52 Å². The number of hydrogen-bond donors (Lipinski definition) is 1. The first kappa shape index (κ1) is 14.8. The molecule has 2 heteroatoms. The van der Waals surface area contributed by atoms with Gasteiger partial charge in [-0.05, 0) is 24.0 Å². The van der Waals surface area contributed by atoms with Crippen LogP contribution in [-0.2, 0) is 0 Å². The number of benzene rings is 1. The molecule has 0 amide bonds. The number of unbranched alkanes of at least 4 members (excludes halogenated alkanes) is 2. The lowest BCUT2D eigenvalue weighted by Gasteiger charge is -2.26. The number of aromatic nitrogens is 1. The SMILES string of the molecule is CCCCCC(C)(C)CNc1ccnc2ccccc12. The Morgan fingerprint density at radius 3 is 2.70 bits per heavy atom. The second-order valence-electron chi connectivity index (χ2n) is 6.35. The summed E-state index contributed by atoms with van der Waals surface area (Å²) in [6.07, 6.45) is 7.11. The summed E-state index contributed by atoms with van der Waals surface area (Å²) in [5.41, 5.74) is 2.58. The highest BCUT2D eigenvalue weighted by Gasteiger charge is 2.17. The van der Waals surface area contributed by atoms with Gasteiger partial charge in [0.15, 0.2) is 0 Å². The first-order valence-corrected chi connectivity index (χ1v) is 7.70. The summed E-state index contributed by atoms with van der Waals surface area (Å²) in [7, 11) is 0. The molecule has 0 radical (unpaired) electrons. The lowest BCUT2D eigenvalue weighted by Crippen LogP contribution is -2.23. The van der Waals surface area contributed by atoms with E-state index < -0.39 is 0 Å². The van der Waals surface area contributed by atoms with E-state index in [0.717, 1.165) is 12.1 Å². The fourth-order valence-corrected chi connectivity index (χ4v) is 2.53. The van der Waals surface area contributed by atoms with Gasteiger partial charge in [0.25, 0.3) is 0 Å². The molecule has 0 saturated carbocycles. The average molecular weight is 270 g/mol. The van der Waals surface area contributed by atoms with Gasteiger partial charge < -0.3 is 5.32 Å². The standard InChI is InChI=1S/C18H26N2/c1-4-5-8-12-18(2,3)14-20-17-11-13-19-16-10-7-6-9-15(16)17/h6-7,9-11,13H,4-5,8,12,14H2,1-3H3,(H,19,20). The lowest BCUT2D eigenvalue weighted by atomic mass is 9.87. The Morgan fingerprint density at radius 2 is 1.90 bits per heavy atom. The molecule has 1 aromatic carbocycles. The molecule has 0 unspecified atom stereocenters. The molecule has 108 valence electrons. The van der Waals surface area contributed by atoms with Crippen molar-refractivity contribution in [3.05, 3.63) is 36.5 Å². The van der Waals surface area contributed by atoms with Crippen molar-refractivity contribution in [2.75, 3.05) is 11.9 Å². The van der Waals surface area contributed by atoms with Gasteiger partial charge in [-0.25, -0.2) is 0 Å². The quantitative estimate of drug-likeness (QED) is 0.695. The third kappa shape index (κ3) is 3.96. The number of nitrogens with zero attached hydrogens (tertiary/aromatic N) is 1. The highest BCUT2D eigenvalue weighted by atomic mass is 14.9. The summed E-state index contributed by atoms with van der Waals surface area (Å²) >= 11 is 0. The minimum Gasteiger partial charge on any atom is -0.384 e. The molecule has 0 saturated heterocycles. The molecular formula is C18H26N2. The number of nitrogens with one attached hydrogen (secondary N) is 1. The second kappa shape index (κ2) is 6.74. The van der Waals surface area contributed by atoms with Crippen molar-refractivity contribution in [1.29, 1.82) is 0 Å². The molecule has 0 aliphatic carbocycles. The molecule has 1 heterocycles. The van der Waals surface area contributed by atoms with Crippen LogP contribution in [0.15, 0.2) is 36.5 Å². The average Bonchev–Trinajstić information content (AvgIpc) is 2.45. The van der Waals surface area contributed by atoms with Gasteiger partial charge in [-0.2, -0.15) is 0 Å². The van der Waals surface area contributed by atoms with E-state index in [2.05, 4.69) is 55.3 Å². The molecule has 1 N–H and O–H groups in total. The normalized spacial score (nSPS) is 11.8. The fraction of sp³-hybridized carbons (Fsp3) is 0.500. The molecule has 0 aliphatic rings. The van der Waals surface area contributed by atoms with E-state index in [0.29, 0.717) is 5.41 Å². The maximum Gasteiger partial charge on any atom is 0.0722 e. The molecule has 20 heavy (non-hydrogen) atoms. The number of pyridine rings is 1. The molecular weight excluding hydrogens is 244 g/mol. The number of fused-ring (bicyclic) bond motifs is 1. The maximum absolute atomic E-state index is 4.41. The van der Waals surface area contributed by atoms with Crippen molar-refractivity contribution in [1.82, 2.24) is 4.98 Å². The third-order valence-corrected chi connectivity index (χ3v) is 3.86. The first-order chi connectivity index (χ1) is 9.62. The third-order valence-electron chi connectivity index (χ3n) is 3.86. The Balaban J connectivity index is 2.02. The summed E-state index contributed by atoms with van der Waals surface area (Å²) in [6, 6.07) is 10.4. The van der Waals surface area contributed by atoms with E-state index in [1.807, 2.05) is 12.3 Å². The van der Waals surface area contributed by atoms with Gasteiger partial charge in [-0.3, -0.25) is 4.98 Å². The molecule has 0 bridgehead atoms. The summed E-state index contributed by atoms with van der Waals surface area (Å²) in [5.74, 6) is 0. The molecule has 0 fully saturated rings. The summed E-state index contributed by atoms with van der Waals surface area (Å²) < 4.78 is 0. The van der Waals surface area contributed by atoms with Crippen LogP contribution in [0.2, 0.25) is 0 Å². The monoisotopic (exact) mass is 270 g/mol. The van der Waals surface area contributed by atoms with Gasteiger partial charge in [0.1, 0.15) is 0 Å². The number of rotatable bonds is 7. The van der Waals surface area contributed by atoms with E-state index in [4.69, 9.17) is 0 Å². The van der Waals surface area contributed by atoms with E-state index in [1.165, 1.54) is 36.8 Å². The Labute approximate surface area is 122 Å².